The first-order valence-electron chi connectivity index (χ1n) is 9.80. The summed E-state index contributed by atoms with van der Waals surface area (Å²) in [6, 6.07) is 16.7. The summed E-state index contributed by atoms with van der Waals surface area (Å²) in [5, 5.41) is 14.1. The number of halogens is 1. The molecule has 0 saturated heterocycles. The van der Waals surface area contributed by atoms with Gasteiger partial charge in [0.25, 0.3) is 5.91 Å². The fourth-order valence-corrected chi connectivity index (χ4v) is 3.84. The lowest BCUT2D eigenvalue weighted by Gasteiger charge is -2.23. The van der Waals surface area contributed by atoms with Crippen LogP contribution in [0.4, 0.5) is 15.8 Å². The van der Waals surface area contributed by atoms with Gasteiger partial charge in [-0.2, -0.15) is 0 Å². The van der Waals surface area contributed by atoms with Gasteiger partial charge in [0.2, 0.25) is 5.91 Å². The molecule has 1 aliphatic rings. The van der Waals surface area contributed by atoms with Crippen LogP contribution in [0.3, 0.4) is 0 Å². The zero-order valence-corrected chi connectivity index (χ0v) is 17.5. The monoisotopic (exact) mass is 436 g/mol. The molecule has 1 aliphatic heterocycles. The van der Waals surface area contributed by atoms with Gasteiger partial charge in [-0.1, -0.05) is 30.3 Å². The maximum atomic E-state index is 13.8. The topological polar surface area (TPSA) is 88.1 Å². The van der Waals surface area contributed by atoms with Crippen molar-refractivity contribution < 1.29 is 28.6 Å². The van der Waals surface area contributed by atoms with Crippen LogP contribution in [0.25, 0.3) is 0 Å². The number of anilines is 2. The molecule has 0 spiro atoms. The van der Waals surface area contributed by atoms with Crippen LogP contribution < -0.4 is 19.7 Å². The fourth-order valence-electron chi connectivity index (χ4n) is 3.84. The van der Waals surface area contributed by atoms with E-state index in [4.69, 9.17) is 9.47 Å². The Bertz CT molecular complexity index is 1200. The summed E-state index contributed by atoms with van der Waals surface area (Å²) in [6.07, 6.45) is 0. The normalized spacial score (nSPS) is 17.1. The number of amides is 2. The highest BCUT2D eigenvalue weighted by atomic mass is 19.1. The Kier molecular flexibility index (Phi) is 5.54. The van der Waals surface area contributed by atoms with Crippen molar-refractivity contribution in [3.05, 3.63) is 83.7 Å². The van der Waals surface area contributed by atoms with E-state index in [-0.39, 0.29) is 17.7 Å². The van der Waals surface area contributed by atoms with Crippen molar-refractivity contribution in [2.45, 2.75) is 5.60 Å². The average Bonchev–Trinajstić information content (AvgIpc) is 3.02. The highest BCUT2D eigenvalue weighted by Gasteiger charge is 2.51. The Balaban J connectivity index is 1.62. The number of nitrogens with zero attached hydrogens (tertiary/aromatic N) is 1. The molecule has 2 N–H and O–H groups in total. The molecule has 7 nitrogen and oxygen atoms in total. The number of fused-ring (bicyclic) bond motifs is 1. The molecule has 164 valence electrons. The van der Waals surface area contributed by atoms with Crippen LogP contribution in [-0.2, 0) is 15.2 Å². The van der Waals surface area contributed by atoms with Crippen LogP contribution in [0.5, 0.6) is 11.5 Å². The quantitative estimate of drug-likeness (QED) is 0.620. The Labute approximate surface area is 184 Å². The van der Waals surface area contributed by atoms with E-state index in [0.717, 1.165) is 6.07 Å². The van der Waals surface area contributed by atoms with E-state index >= 15 is 0 Å². The van der Waals surface area contributed by atoms with Gasteiger partial charge >= 0.3 is 0 Å². The lowest BCUT2D eigenvalue weighted by Crippen LogP contribution is -2.44. The van der Waals surface area contributed by atoms with Crippen LogP contribution >= 0.6 is 0 Å². The molecular formula is C24H21FN2O5. The predicted molar refractivity (Wildman–Crippen MR) is 116 cm³/mol. The van der Waals surface area contributed by atoms with Crippen molar-refractivity contribution in [1.82, 2.24) is 0 Å². The molecule has 0 bridgehead atoms. The summed E-state index contributed by atoms with van der Waals surface area (Å²) >= 11 is 0. The van der Waals surface area contributed by atoms with Crippen LogP contribution in [0, 0.1) is 5.82 Å². The molecule has 0 saturated carbocycles. The summed E-state index contributed by atoms with van der Waals surface area (Å²) < 4.78 is 24.3. The Hall–Kier alpha value is -3.91. The maximum absolute atomic E-state index is 13.8. The van der Waals surface area contributed by atoms with Crippen molar-refractivity contribution in [3.8, 4) is 11.5 Å². The van der Waals surface area contributed by atoms with Gasteiger partial charge in [-0.25, -0.2) is 4.39 Å². The molecule has 1 atom stereocenters. The van der Waals surface area contributed by atoms with E-state index in [0.29, 0.717) is 22.9 Å². The molecule has 3 aromatic rings. The number of rotatable bonds is 6. The SMILES string of the molecule is COc1ccc(NC(=O)CN2C(=O)[C@@](O)(c3cccc(F)c3)c3ccccc32)cc1OC. The number of hydrogen-bond acceptors (Lipinski definition) is 5. The zero-order valence-electron chi connectivity index (χ0n) is 17.5. The van der Waals surface area contributed by atoms with E-state index in [1.807, 2.05) is 0 Å². The van der Waals surface area contributed by atoms with Gasteiger partial charge in [-0.3, -0.25) is 14.5 Å². The fraction of sp³-hybridized carbons (Fsp3) is 0.167. The molecule has 0 unspecified atom stereocenters. The highest BCUT2D eigenvalue weighted by Crippen LogP contribution is 2.44. The van der Waals surface area contributed by atoms with Gasteiger partial charge < -0.3 is 19.9 Å². The second-order valence-corrected chi connectivity index (χ2v) is 7.25. The summed E-state index contributed by atoms with van der Waals surface area (Å²) in [5.41, 5.74) is -0.880. The lowest BCUT2D eigenvalue weighted by atomic mass is 9.87. The Morgan fingerprint density at radius 2 is 1.78 bits per heavy atom. The van der Waals surface area contributed by atoms with Crippen LogP contribution in [0.2, 0.25) is 0 Å². The van der Waals surface area contributed by atoms with Crippen molar-refractivity contribution in [2.75, 3.05) is 31.0 Å². The molecule has 0 aromatic heterocycles. The van der Waals surface area contributed by atoms with Crippen molar-refractivity contribution in [2.24, 2.45) is 0 Å². The van der Waals surface area contributed by atoms with Gasteiger partial charge in [0.1, 0.15) is 12.4 Å². The summed E-state index contributed by atoms with van der Waals surface area (Å²) in [5.74, 6) is -0.843. The third-order valence-corrected chi connectivity index (χ3v) is 5.35. The number of methoxy groups -OCH3 is 2. The van der Waals surface area contributed by atoms with Crippen LogP contribution in [-0.4, -0.2) is 37.7 Å². The first kappa shape index (κ1) is 21.3. The molecule has 8 heteroatoms. The van der Waals surface area contributed by atoms with Crippen molar-refractivity contribution in [3.63, 3.8) is 0 Å². The molecule has 0 fully saturated rings. The first-order valence-corrected chi connectivity index (χ1v) is 9.80. The number of ether oxygens (including phenoxy) is 2. The number of hydrogen-bond donors (Lipinski definition) is 2. The average molecular weight is 436 g/mol. The second kappa shape index (κ2) is 8.32. The van der Waals surface area contributed by atoms with E-state index in [1.54, 1.807) is 42.5 Å². The lowest BCUT2D eigenvalue weighted by molar-refractivity contribution is -0.133. The van der Waals surface area contributed by atoms with E-state index in [2.05, 4.69) is 5.32 Å². The van der Waals surface area contributed by atoms with Crippen molar-refractivity contribution in [1.29, 1.82) is 0 Å². The van der Waals surface area contributed by atoms with Crippen molar-refractivity contribution >= 4 is 23.2 Å². The predicted octanol–water partition coefficient (Wildman–Crippen LogP) is 3.06. The largest absolute Gasteiger partial charge is 0.493 e. The molecule has 2 amide bonds. The minimum atomic E-state index is -2.09. The molecule has 32 heavy (non-hydrogen) atoms. The number of para-hydroxylation sites is 1. The number of carbonyl (C=O) groups is 2. The first-order chi connectivity index (χ1) is 15.4. The highest BCUT2D eigenvalue weighted by molar-refractivity contribution is 6.12. The third-order valence-electron chi connectivity index (χ3n) is 5.35. The molecule has 3 aromatic carbocycles. The third kappa shape index (κ3) is 3.54. The number of nitrogens with one attached hydrogen (secondary N) is 1. The Morgan fingerprint density at radius 3 is 2.50 bits per heavy atom. The Morgan fingerprint density at radius 1 is 1.03 bits per heavy atom. The van der Waals surface area contributed by atoms with E-state index in [1.165, 1.54) is 37.3 Å². The maximum Gasteiger partial charge on any atom is 0.268 e. The molecule has 0 radical (unpaired) electrons. The molecule has 1 heterocycles. The minimum absolute atomic E-state index is 0.0951. The van der Waals surface area contributed by atoms with E-state index in [9.17, 15) is 19.1 Å². The van der Waals surface area contributed by atoms with Gasteiger partial charge in [-0.15, -0.1) is 0 Å². The van der Waals surface area contributed by atoms with Gasteiger partial charge in [0.15, 0.2) is 17.1 Å². The standard InChI is InChI=1S/C24H21FN2O5/c1-31-20-11-10-17(13-21(20)32-2)26-22(28)14-27-19-9-4-3-8-18(19)24(30,23(27)29)15-6-5-7-16(25)12-15/h3-13,30H,14H2,1-2H3,(H,26,28)/t24-/m1/s1. The van der Waals surface area contributed by atoms with Gasteiger partial charge in [0, 0.05) is 22.9 Å². The number of carbonyl (C=O) groups excluding carboxylic acids is 2. The number of aliphatic hydroxyl groups is 1. The molecule has 4 rings (SSSR count). The summed E-state index contributed by atoms with van der Waals surface area (Å²) in [7, 11) is 2.99. The summed E-state index contributed by atoms with van der Waals surface area (Å²) in [6.45, 7) is -0.345. The zero-order chi connectivity index (χ0) is 22.9. The van der Waals surface area contributed by atoms with Crippen LogP contribution in [0.1, 0.15) is 11.1 Å². The molecular weight excluding hydrogens is 415 g/mol. The minimum Gasteiger partial charge on any atom is -0.493 e. The smallest absolute Gasteiger partial charge is 0.268 e. The summed E-state index contributed by atoms with van der Waals surface area (Å²) in [4.78, 5) is 27.3. The van der Waals surface area contributed by atoms with Crippen LogP contribution in [0.15, 0.2) is 66.7 Å². The second-order valence-electron chi connectivity index (χ2n) is 7.25. The van der Waals surface area contributed by atoms with Gasteiger partial charge in [-0.05, 0) is 30.3 Å². The number of benzene rings is 3. The van der Waals surface area contributed by atoms with Gasteiger partial charge in [0.05, 0.1) is 19.9 Å². The molecule has 0 aliphatic carbocycles. The van der Waals surface area contributed by atoms with E-state index < -0.39 is 23.2 Å².